The third-order valence-electron chi connectivity index (χ3n) is 3.82. The van der Waals surface area contributed by atoms with Crippen molar-refractivity contribution in [2.45, 2.75) is 6.42 Å². The van der Waals surface area contributed by atoms with E-state index in [1.165, 1.54) is 30.5 Å². The van der Waals surface area contributed by atoms with Crippen LogP contribution in [0.25, 0.3) is 5.69 Å². The van der Waals surface area contributed by atoms with Gasteiger partial charge in [-0.3, -0.25) is 14.9 Å². The summed E-state index contributed by atoms with van der Waals surface area (Å²) in [6.07, 6.45) is 2.88. The van der Waals surface area contributed by atoms with Crippen LogP contribution in [0, 0.1) is 15.9 Å². The number of nitrogens with zero attached hydrogens (tertiary/aromatic N) is 3. The fourth-order valence-corrected chi connectivity index (χ4v) is 2.59. The molecule has 0 saturated heterocycles. The number of nitro groups is 1. The van der Waals surface area contributed by atoms with Crippen molar-refractivity contribution in [3.63, 3.8) is 0 Å². The van der Waals surface area contributed by atoms with E-state index in [9.17, 15) is 19.3 Å². The van der Waals surface area contributed by atoms with Gasteiger partial charge in [0.25, 0.3) is 5.69 Å². The molecular weight excluding hydrogens is 351 g/mol. The summed E-state index contributed by atoms with van der Waals surface area (Å²) in [5.41, 5.74) is 3.42. The molecule has 2 aromatic carbocycles. The molecule has 0 atom stereocenters. The first-order valence-electron chi connectivity index (χ1n) is 8.02. The first-order valence-corrected chi connectivity index (χ1v) is 8.02. The van der Waals surface area contributed by atoms with Crippen LogP contribution in [0.3, 0.4) is 0 Å². The lowest BCUT2D eigenvalue weighted by molar-refractivity contribution is -0.385. The van der Waals surface area contributed by atoms with Crippen LogP contribution in [-0.2, 0) is 11.2 Å². The van der Waals surface area contributed by atoms with Crippen molar-refractivity contribution in [2.24, 2.45) is 5.10 Å². The number of halogens is 1. The molecule has 0 saturated carbocycles. The van der Waals surface area contributed by atoms with Gasteiger partial charge in [-0.15, -0.1) is 0 Å². The largest absolute Gasteiger partial charge is 0.313 e. The molecule has 3 aromatic rings. The summed E-state index contributed by atoms with van der Waals surface area (Å²) in [5.74, 6) is -0.881. The van der Waals surface area contributed by atoms with E-state index < -0.39 is 10.8 Å². The fourth-order valence-electron chi connectivity index (χ4n) is 2.59. The maximum Gasteiger partial charge on any atom is 0.273 e. The van der Waals surface area contributed by atoms with Gasteiger partial charge in [0.15, 0.2) is 0 Å². The number of amides is 1. The number of hydrogen-bond donors (Lipinski definition) is 1. The van der Waals surface area contributed by atoms with Crippen LogP contribution in [0.5, 0.6) is 0 Å². The van der Waals surface area contributed by atoms with E-state index in [1.807, 2.05) is 0 Å². The number of hydrogen-bond acceptors (Lipinski definition) is 4. The Balaban J connectivity index is 1.69. The lowest BCUT2D eigenvalue weighted by Gasteiger charge is -2.07. The number of carbonyl (C=O) groups is 1. The Hall–Kier alpha value is -3.81. The van der Waals surface area contributed by atoms with E-state index in [0.29, 0.717) is 16.9 Å². The summed E-state index contributed by atoms with van der Waals surface area (Å²) >= 11 is 0. The first kappa shape index (κ1) is 18.0. The Labute approximate surface area is 153 Å². The zero-order valence-electron chi connectivity index (χ0n) is 14.1. The van der Waals surface area contributed by atoms with Crippen LogP contribution < -0.4 is 5.43 Å². The van der Waals surface area contributed by atoms with E-state index in [-0.39, 0.29) is 17.9 Å². The molecule has 0 aliphatic rings. The number of nitro benzene ring substituents is 1. The smallest absolute Gasteiger partial charge is 0.273 e. The second kappa shape index (κ2) is 8.05. The fraction of sp³-hybridized carbons (Fsp3) is 0.0526. The summed E-state index contributed by atoms with van der Waals surface area (Å²) in [6, 6.07) is 15.7. The molecule has 136 valence electrons. The van der Waals surface area contributed by atoms with Crippen molar-refractivity contribution in [1.29, 1.82) is 0 Å². The van der Waals surface area contributed by atoms with Crippen LogP contribution in [0.1, 0.15) is 11.3 Å². The Kier molecular flexibility index (Phi) is 5.36. The quantitative estimate of drug-likeness (QED) is 0.413. The molecule has 1 aromatic heterocycles. The van der Waals surface area contributed by atoms with Gasteiger partial charge in [-0.2, -0.15) is 5.10 Å². The summed E-state index contributed by atoms with van der Waals surface area (Å²) in [7, 11) is 0. The standard InChI is InChI=1S/C19H15FN4O3/c20-16-8-2-4-10-18(16)23-11-5-7-15(23)13-21-22-19(25)12-14-6-1-3-9-17(14)24(26)27/h1-11,13H,12H2,(H,22,25)/b21-13+. The molecule has 1 N–H and O–H groups in total. The topological polar surface area (TPSA) is 89.5 Å². The summed E-state index contributed by atoms with van der Waals surface area (Å²) in [6.45, 7) is 0. The number of para-hydroxylation sites is 2. The molecule has 3 rings (SSSR count). The van der Waals surface area contributed by atoms with Crippen LogP contribution >= 0.6 is 0 Å². The number of aromatic nitrogens is 1. The molecule has 0 unspecified atom stereocenters. The number of hydrazone groups is 1. The molecule has 27 heavy (non-hydrogen) atoms. The maximum atomic E-state index is 13.9. The van der Waals surface area contributed by atoms with Gasteiger partial charge < -0.3 is 4.57 Å². The maximum absolute atomic E-state index is 13.9. The van der Waals surface area contributed by atoms with Crippen molar-refractivity contribution in [2.75, 3.05) is 0 Å². The van der Waals surface area contributed by atoms with Crippen molar-refractivity contribution >= 4 is 17.8 Å². The monoisotopic (exact) mass is 366 g/mol. The minimum Gasteiger partial charge on any atom is -0.313 e. The second-order valence-electron chi connectivity index (χ2n) is 5.61. The van der Waals surface area contributed by atoms with E-state index in [0.717, 1.165) is 0 Å². The Morgan fingerprint density at radius 1 is 1.15 bits per heavy atom. The molecule has 1 heterocycles. The minimum absolute atomic E-state index is 0.120. The summed E-state index contributed by atoms with van der Waals surface area (Å²) < 4.78 is 15.5. The highest BCUT2D eigenvalue weighted by Gasteiger charge is 2.15. The molecule has 0 fully saturated rings. The molecule has 0 bridgehead atoms. The highest BCUT2D eigenvalue weighted by atomic mass is 19.1. The van der Waals surface area contributed by atoms with Gasteiger partial charge in [0.05, 0.1) is 28.9 Å². The SMILES string of the molecule is O=C(Cc1ccccc1[N+](=O)[O-])N/N=C/c1cccn1-c1ccccc1F. The number of benzene rings is 2. The molecule has 0 aliphatic carbocycles. The van der Waals surface area contributed by atoms with E-state index in [4.69, 9.17) is 0 Å². The summed E-state index contributed by atoms with van der Waals surface area (Å²) in [4.78, 5) is 22.5. The van der Waals surface area contributed by atoms with Crippen molar-refractivity contribution < 1.29 is 14.1 Å². The van der Waals surface area contributed by atoms with E-state index >= 15 is 0 Å². The highest BCUT2D eigenvalue weighted by Crippen LogP contribution is 2.18. The van der Waals surface area contributed by atoms with Crippen LogP contribution in [0.15, 0.2) is 72.0 Å². The predicted molar refractivity (Wildman–Crippen MR) is 98.3 cm³/mol. The lowest BCUT2D eigenvalue weighted by Crippen LogP contribution is -2.20. The van der Waals surface area contributed by atoms with Crippen molar-refractivity contribution in [1.82, 2.24) is 9.99 Å². The zero-order chi connectivity index (χ0) is 19.2. The third kappa shape index (κ3) is 4.24. The number of carbonyl (C=O) groups excluding carboxylic acids is 1. The van der Waals surface area contributed by atoms with Gasteiger partial charge in [-0.05, 0) is 24.3 Å². The van der Waals surface area contributed by atoms with Gasteiger partial charge in [-0.25, -0.2) is 9.82 Å². The average Bonchev–Trinajstić information content (AvgIpc) is 3.10. The molecule has 0 radical (unpaired) electrons. The summed E-state index contributed by atoms with van der Waals surface area (Å²) in [5, 5.41) is 14.8. The predicted octanol–water partition coefficient (Wildman–Crippen LogP) is 3.22. The zero-order valence-corrected chi connectivity index (χ0v) is 14.1. The van der Waals surface area contributed by atoms with Gasteiger partial charge in [0.2, 0.25) is 5.91 Å². The molecule has 8 heteroatoms. The van der Waals surface area contributed by atoms with Crippen LogP contribution in [0.2, 0.25) is 0 Å². The highest BCUT2D eigenvalue weighted by molar-refractivity contribution is 5.83. The first-order chi connectivity index (χ1) is 13.1. The van der Waals surface area contributed by atoms with Gasteiger partial charge in [0, 0.05) is 17.8 Å². The lowest BCUT2D eigenvalue weighted by atomic mass is 10.1. The molecule has 0 aliphatic heterocycles. The molecule has 7 nitrogen and oxygen atoms in total. The van der Waals surface area contributed by atoms with E-state index in [2.05, 4.69) is 10.5 Å². The van der Waals surface area contributed by atoms with Crippen LogP contribution in [0.4, 0.5) is 10.1 Å². The Morgan fingerprint density at radius 3 is 2.67 bits per heavy atom. The van der Waals surface area contributed by atoms with Crippen molar-refractivity contribution in [3.05, 3.63) is 94.0 Å². The third-order valence-corrected chi connectivity index (χ3v) is 3.82. The van der Waals surface area contributed by atoms with E-state index in [1.54, 1.807) is 47.2 Å². The Morgan fingerprint density at radius 2 is 1.89 bits per heavy atom. The van der Waals surface area contributed by atoms with Crippen molar-refractivity contribution in [3.8, 4) is 5.69 Å². The second-order valence-corrected chi connectivity index (χ2v) is 5.61. The molecule has 0 spiro atoms. The average molecular weight is 366 g/mol. The van der Waals surface area contributed by atoms with Gasteiger partial charge >= 0.3 is 0 Å². The van der Waals surface area contributed by atoms with Crippen LogP contribution in [-0.4, -0.2) is 21.6 Å². The van der Waals surface area contributed by atoms with Gasteiger partial charge in [-0.1, -0.05) is 30.3 Å². The minimum atomic E-state index is -0.535. The Bertz CT molecular complexity index is 1010. The number of rotatable bonds is 6. The normalized spacial score (nSPS) is 10.9. The number of nitrogens with one attached hydrogen (secondary N) is 1. The molecule has 1 amide bonds. The molecular formula is C19H15FN4O3. The van der Waals surface area contributed by atoms with Gasteiger partial charge in [0.1, 0.15) is 5.82 Å².